The van der Waals surface area contributed by atoms with E-state index in [4.69, 9.17) is 0 Å². The predicted octanol–water partition coefficient (Wildman–Crippen LogP) is 4.83. The zero-order chi connectivity index (χ0) is 28.4. The lowest BCUT2D eigenvalue weighted by molar-refractivity contribution is -0.136. The highest BCUT2D eigenvalue weighted by Gasteiger charge is 2.31. The number of carbonyl (C=O) groups is 1. The molecule has 1 saturated carbocycles. The highest BCUT2D eigenvalue weighted by atomic mass is 19.4. The molecule has 8 nitrogen and oxygen atoms in total. The average molecular weight is 559 g/mol. The molecule has 2 aliphatic rings. The highest BCUT2D eigenvalue weighted by molar-refractivity contribution is 5.81. The van der Waals surface area contributed by atoms with Crippen molar-refractivity contribution in [2.24, 2.45) is 0 Å². The SMILES string of the molecule is CC(=O)N1CCN(Cc2ccc(-c3cc(C4CCC(O)CC4)n4nc(N[C@@H](C)CC(F)(F)F)ncc34)cc2)CC1. The van der Waals surface area contributed by atoms with Gasteiger partial charge in [0, 0.05) is 62.9 Å². The molecule has 0 bridgehead atoms. The topological polar surface area (TPSA) is 86.0 Å². The first-order valence-electron chi connectivity index (χ1n) is 14.0. The number of carbonyl (C=O) groups excluding carboxylic acids is 1. The van der Waals surface area contributed by atoms with Gasteiger partial charge in [0.1, 0.15) is 0 Å². The molecule has 0 radical (unpaired) electrons. The molecule has 40 heavy (non-hydrogen) atoms. The summed E-state index contributed by atoms with van der Waals surface area (Å²) in [5, 5.41) is 17.5. The first-order valence-corrected chi connectivity index (χ1v) is 14.0. The Bertz CT molecular complexity index is 1310. The summed E-state index contributed by atoms with van der Waals surface area (Å²) < 4.78 is 40.4. The number of halogens is 3. The van der Waals surface area contributed by atoms with Gasteiger partial charge in [0.25, 0.3) is 0 Å². The molecule has 1 aliphatic carbocycles. The van der Waals surface area contributed by atoms with Crippen molar-refractivity contribution in [1.29, 1.82) is 0 Å². The van der Waals surface area contributed by atoms with Crippen LogP contribution in [0.15, 0.2) is 36.5 Å². The minimum absolute atomic E-state index is 0.121. The van der Waals surface area contributed by atoms with Gasteiger partial charge in [-0.15, -0.1) is 5.10 Å². The second-order valence-electron chi connectivity index (χ2n) is 11.2. The van der Waals surface area contributed by atoms with Gasteiger partial charge in [-0.3, -0.25) is 9.69 Å². The van der Waals surface area contributed by atoms with Crippen LogP contribution in [0.3, 0.4) is 0 Å². The predicted molar refractivity (Wildman–Crippen MR) is 147 cm³/mol. The zero-order valence-electron chi connectivity index (χ0n) is 23.0. The van der Waals surface area contributed by atoms with Crippen LogP contribution in [-0.4, -0.2) is 79.9 Å². The normalized spacial score (nSPS) is 21.5. The number of rotatable bonds is 7. The number of hydrogen-bond donors (Lipinski definition) is 2. The maximum Gasteiger partial charge on any atom is 0.391 e. The van der Waals surface area contributed by atoms with Gasteiger partial charge in [0.2, 0.25) is 11.9 Å². The second kappa shape index (κ2) is 11.7. The minimum Gasteiger partial charge on any atom is -0.393 e. The molecule has 1 saturated heterocycles. The maximum atomic E-state index is 12.9. The number of aliphatic hydroxyl groups is 1. The number of nitrogens with one attached hydrogen (secondary N) is 1. The largest absolute Gasteiger partial charge is 0.393 e. The Balaban J connectivity index is 1.38. The summed E-state index contributed by atoms with van der Waals surface area (Å²) in [7, 11) is 0. The number of benzene rings is 1. The van der Waals surface area contributed by atoms with E-state index in [1.54, 1.807) is 13.1 Å². The Morgan fingerprint density at radius 3 is 2.40 bits per heavy atom. The van der Waals surface area contributed by atoms with Gasteiger partial charge in [-0.25, -0.2) is 9.50 Å². The van der Waals surface area contributed by atoms with Crippen LogP contribution in [0.1, 0.15) is 63.1 Å². The van der Waals surface area contributed by atoms with Crippen LogP contribution in [0.2, 0.25) is 0 Å². The summed E-state index contributed by atoms with van der Waals surface area (Å²) in [6, 6.07) is 9.65. The summed E-state index contributed by atoms with van der Waals surface area (Å²) in [6.45, 7) is 7.08. The molecule has 1 aliphatic heterocycles. The molecular formula is C29H37F3N6O2. The number of piperazine rings is 1. The van der Waals surface area contributed by atoms with Gasteiger partial charge in [0.15, 0.2) is 0 Å². The maximum absolute atomic E-state index is 12.9. The fourth-order valence-corrected chi connectivity index (χ4v) is 5.86. The summed E-state index contributed by atoms with van der Waals surface area (Å²) in [5.41, 5.74) is 4.95. The van der Waals surface area contributed by atoms with Crippen molar-refractivity contribution in [3.63, 3.8) is 0 Å². The fraction of sp³-hybridized carbons (Fsp3) is 0.552. The number of nitrogens with zero attached hydrogens (tertiary/aromatic N) is 5. The number of aromatic nitrogens is 3. The molecule has 1 amide bonds. The molecule has 5 rings (SSSR count). The monoisotopic (exact) mass is 558 g/mol. The van der Waals surface area contributed by atoms with Gasteiger partial charge in [0.05, 0.1) is 24.2 Å². The quantitative estimate of drug-likeness (QED) is 0.432. The van der Waals surface area contributed by atoms with Crippen LogP contribution in [0.25, 0.3) is 16.6 Å². The van der Waals surface area contributed by atoms with E-state index >= 15 is 0 Å². The first kappa shape index (κ1) is 28.4. The molecule has 2 aromatic heterocycles. The molecule has 1 aromatic carbocycles. The third-order valence-electron chi connectivity index (χ3n) is 8.06. The smallest absolute Gasteiger partial charge is 0.391 e. The molecule has 1 atom stereocenters. The van der Waals surface area contributed by atoms with Crippen molar-refractivity contribution in [3.8, 4) is 11.1 Å². The van der Waals surface area contributed by atoms with E-state index in [-0.39, 0.29) is 23.9 Å². The third-order valence-corrected chi connectivity index (χ3v) is 8.06. The third kappa shape index (κ3) is 6.75. The van der Waals surface area contributed by atoms with E-state index in [1.807, 2.05) is 9.42 Å². The number of amides is 1. The average Bonchev–Trinajstić information content (AvgIpc) is 3.27. The van der Waals surface area contributed by atoms with Crippen LogP contribution in [0.5, 0.6) is 0 Å². The van der Waals surface area contributed by atoms with Crippen LogP contribution in [-0.2, 0) is 11.3 Å². The van der Waals surface area contributed by atoms with E-state index in [9.17, 15) is 23.1 Å². The van der Waals surface area contributed by atoms with Crippen molar-refractivity contribution in [3.05, 3.63) is 47.8 Å². The highest BCUT2D eigenvalue weighted by Crippen LogP contribution is 2.38. The van der Waals surface area contributed by atoms with Crippen molar-refractivity contribution in [2.45, 2.75) is 76.7 Å². The molecule has 216 valence electrons. The number of hydrogen-bond acceptors (Lipinski definition) is 6. The van der Waals surface area contributed by atoms with E-state index in [0.717, 1.165) is 67.9 Å². The van der Waals surface area contributed by atoms with E-state index in [0.29, 0.717) is 12.8 Å². The van der Waals surface area contributed by atoms with Gasteiger partial charge < -0.3 is 15.3 Å². The summed E-state index contributed by atoms with van der Waals surface area (Å²) in [6.07, 6.45) is -0.815. The molecule has 2 N–H and O–H groups in total. The lowest BCUT2D eigenvalue weighted by Crippen LogP contribution is -2.47. The Labute approximate surface area is 232 Å². The Hall–Kier alpha value is -3.18. The Kier molecular flexibility index (Phi) is 8.32. The lowest BCUT2D eigenvalue weighted by atomic mass is 9.85. The molecule has 0 spiro atoms. The van der Waals surface area contributed by atoms with Crippen molar-refractivity contribution >= 4 is 17.4 Å². The van der Waals surface area contributed by atoms with E-state index in [2.05, 4.69) is 50.6 Å². The van der Waals surface area contributed by atoms with Crippen LogP contribution in [0.4, 0.5) is 19.1 Å². The van der Waals surface area contributed by atoms with Gasteiger partial charge in [-0.2, -0.15) is 13.2 Å². The van der Waals surface area contributed by atoms with E-state index < -0.39 is 18.6 Å². The summed E-state index contributed by atoms with van der Waals surface area (Å²) >= 11 is 0. The summed E-state index contributed by atoms with van der Waals surface area (Å²) in [5.74, 6) is 0.465. The molecule has 3 aromatic rings. The number of alkyl halides is 3. The number of fused-ring (bicyclic) bond motifs is 1. The Morgan fingerprint density at radius 1 is 1.10 bits per heavy atom. The summed E-state index contributed by atoms with van der Waals surface area (Å²) in [4.78, 5) is 20.2. The fourth-order valence-electron chi connectivity index (χ4n) is 5.86. The van der Waals surface area contributed by atoms with Crippen LogP contribution in [0, 0.1) is 0 Å². The number of anilines is 1. The molecule has 3 heterocycles. The second-order valence-corrected chi connectivity index (χ2v) is 11.2. The molecule has 2 fully saturated rings. The molecular weight excluding hydrogens is 521 g/mol. The van der Waals surface area contributed by atoms with E-state index in [1.165, 1.54) is 12.5 Å². The van der Waals surface area contributed by atoms with Gasteiger partial charge >= 0.3 is 6.18 Å². The number of aliphatic hydroxyl groups excluding tert-OH is 1. The molecule has 0 unspecified atom stereocenters. The zero-order valence-corrected chi connectivity index (χ0v) is 23.0. The molecule has 11 heteroatoms. The van der Waals surface area contributed by atoms with Crippen molar-refractivity contribution < 1.29 is 23.1 Å². The van der Waals surface area contributed by atoms with Crippen molar-refractivity contribution in [2.75, 3.05) is 31.5 Å². The Morgan fingerprint density at radius 2 is 1.77 bits per heavy atom. The van der Waals surface area contributed by atoms with Gasteiger partial charge in [-0.05, 0) is 49.8 Å². The first-order chi connectivity index (χ1) is 19.1. The van der Waals surface area contributed by atoms with Gasteiger partial charge in [-0.1, -0.05) is 24.3 Å². The van der Waals surface area contributed by atoms with Crippen molar-refractivity contribution in [1.82, 2.24) is 24.4 Å². The lowest BCUT2D eigenvalue weighted by Gasteiger charge is -2.34. The standard InChI is InChI=1S/C29H37F3N6O2/c1-19(16-29(30,31)32)34-28-33-17-27-25(15-26(38(27)35-28)23-7-9-24(40)10-8-23)22-5-3-21(4-6-22)18-36-11-13-37(14-12-36)20(2)39/h3-6,15,17,19,23-24,40H,7-14,16,18H2,1-2H3,(H,34,35)/t19-,23?,24?/m0/s1. The minimum atomic E-state index is -4.28. The van der Waals surface area contributed by atoms with Crippen LogP contribution < -0.4 is 5.32 Å². The van der Waals surface area contributed by atoms with Crippen LogP contribution >= 0.6 is 0 Å².